The third-order valence-electron chi connectivity index (χ3n) is 2.68. The van der Waals surface area contributed by atoms with Gasteiger partial charge in [0.15, 0.2) is 5.17 Å². The van der Waals surface area contributed by atoms with E-state index in [2.05, 4.69) is 11.0 Å². The monoisotopic (exact) mass is 310 g/mol. The molecule has 1 amide bonds. The van der Waals surface area contributed by atoms with E-state index in [1.54, 1.807) is 31.2 Å². The van der Waals surface area contributed by atoms with E-state index in [1.165, 1.54) is 17.0 Å². The van der Waals surface area contributed by atoms with Gasteiger partial charge in [0.1, 0.15) is 0 Å². The molecule has 0 aromatic heterocycles. The highest BCUT2D eigenvalue weighted by Crippen LogP contribution is 2.28. The van der Waals surface area contributed by atoms with Crippen LogP contribution in [0.15, 0.2) is 52.3 Å². The van der Waals surface area contributed by atoms with E-state index in [1.807, 2.05) is 0 Å². The van der Waals surface area contributed by atoms with Gasteiger partial charge in [0.2, 0.25) is 5.91 Å². The maximum atomic E-state index is 12.2. The Morgan fingerprint density at radius 1 is 1.40 bits per heavy atom. The van der Waals surface area contributed by atoms with Gasteiger partial charge < -0.3 is 0 Å². The topological polar surface area (TPSA) is 66.8 Å². The minimum Gasteiger partial charge on any atom is -0.286 e. The highest BCUT2D eigenvalue weighted by molar-refractivity contribution is 8.16. The summed E-state index contributed by atoms with van der Waals surface area (Å²) >= 11 is 1.14. The molecule has 0 saturated carbocycles. The second-order valence-corrected chi connectivity index (χ2v) is 7.07. The minimum absolute atomic E-state index is 0.110. The first kappa shape index (κ1) is 14.8. The van der Waals surface area contributed by atoms with E-state index in [9.17, 15) is 13.2 Å². The zero-order chi connectivity index (χ0) is 14.8. The van der Waals surface area contributed by atoms with E-state index >= 15 is 0 Å². The summed E-state index contributed by atoms with van der Waals surface area (Å²) < 4.78 is 28.2. The summed E-state index contributed by atoms with van der Waals surface area (Å²) in [7, 11) is -3.80. The second kappa shape index (κ2) is 5.80. The van der Waals surface area contributed by atoms with Crippen molar-refractivity contribution in [3.63, 3.8) is 0 Å². The fourth-order valence-electron chi connectivity index (χ4n) is 1.70. The van der Waals surface area contributed by atoms with Crippen LogP contribution in [0.3, 0.4) is 0 Å². The van der Waals surface area contributed by atoms with Gasteiger partial charge in [0.05, 0.1) is 10.1 Å². The lowest BCUT2D eigenvalue weighted by Crippen LogP contribution is -2.31. The van der Waals surface area contributed by atoms with Crippen LogP contribution < -0.4 is 0 Å². The van der Waals surface area contributed by atoms with Crippen LogP contribution in [0, 0.1) is 0 Å². The Kier molecular flexibility index (Phi) is 4.29. The van der Waals surface area contributed by atoms with E-state index in [4.69, 9.17) is 0 Å². The quantitative estimate of drug-likeness (QED) is 0.796. The van der Waals surface area contributed by atoms with Gasteiger partial charge >= 0.3 is 0 Å². The Hall–Kier alpha value is -1.60. The van der Waals surface area contributed by atoms with Gasteiger partial charge in [-0.1, -0.05) is 36.0 Å². The van der Waals surface area contributed by atoms with Crippen molar-refractivity contribution < 1.29 is 13.2 Å². The lowest BCUT2D eigenvalue weighted by atomic mass is 10.4. The Morgan fingerprint density at radius 2 is 2.05 bits per heavy atom. The van der Waals surface area contributed by atoms with Gasteiger partial charge in [-0.15, -0.1) is 11.0 Å². The molecule has 0 spiro atoms. The van der Waals surface area contributed by atoms with Crippen LogP contribution in [-0.4, -0.2) is 36.2 Å². The van der Waals surface area contributed by atoms with Crippen molar-refractivity contribution >= 4 is 32.9 Å². The molecule has 1 atom stereocenters. The van der Waals surface area contributed by atoms with Crippen LogP contribution in [0.2, 0.25) is 0 Å². The molecule has 20 heavy (non-hydrogen) atoms. The first-order valence-electron chi connectivity index (χ1n) is 5.94. The molecule has 2 rings (SSSR count). The standard InChI is InChI=1S/C13H14N2O3S2/c1-3-9-15-12(16)10(2)19-13(15)14-20(17,18)11-7-5-4-6-8-11/h3-8,10H,1,9H2,2H3/t10-/m0/s1. The molecule has 1 fully saturated rings. The van der Waals surface area contributed by atoms with Crippen molar-refractivity contribution in [2.75, 3.05) is 6.54 Å². The van der Waals surface area contributed by atoms with Crippen LogP contribution in [0.4, 0.5) is 0 Å². The molecule has 1 heterocycles. The first-order valence-corrected chi connectivity index (χ1v) is 8.26. The number of carbonyl (C=O) groups is 1. The molecule has 5 nitrogen and oxygen atoms in total. The molecule has 0 unspecified atom stereocenters. The van der Waals surface area contributed by atoms with E-state index in [-0.39, 0.29) is 27.8 Å². The molecular formula is C13H14N2O3S2. The molecule has 0 aliphatic carbocycles. The van der Waals surface area contributed by atoms with Crippen molar-refractivity contribution in [1.82, 2.24) is 4.90 Å². The van der Waals surface area contributed by atoms with Crippen molar-refractivity contribution in [3.05, 3.63) is 43.0 Å². The summed E-state index contributed by atoms with van der Waals surface area (Å²) in [5.41, 5.74) is 0. The number of amides is 1. The fraction of sp³-hybridized carbons (Fsp3) is 0.231. The summed E-state index contributed by atoms with van der Waals surface area (Å²) in [5, 5.41) is -0.133. The summed E-state index contributed by atoms with van der Waals surface area (Å²) in [4.78, 5) is 13.4. The highest BCUT2D eigenvalue weighted by Gasteiger charge is 2.35. The van der Waals surface area contributed by atoms with Gasteiger partial charge in [0, 0.05) is 6.54 Å². The largest absolute Gasteiger partial charge is 0.286 e. The number of sulfonamides is 1. The molecule has 7 heteroatoms. The molecule has 1 saturated heterocycles. The zero-order valence-electron chi connectivity index (χ0n) is 10.9. The predicted octanol–water partition coefficient (Wildman–Crippen LogP) is 1.88. The average Bonchev–Trinajstić information content (AvgIpc) is 2.67. The zero-order valence-corrected chi connectivity index (χ0v) is 12.5. The van der Waals surface area contributed by atoms with Crippen LogP contribution in [-0.2, 0) is 14.8 Å². The number of carbonyl (C=O) groups excluding carboxylic acids is 1. The SMILES string of the molecule is C=CCN1C(=O)[C@H](C)SC1=NS(=O)(=O)c1ccccc1. The third kappa shape index (κ3) is 2.94. The number of thioether (sulfide) groups is 1. The number of hydrogen-bond acceptors (Lipinski definition) is 4. The molecule has 0 N–H and O–H groups in total. The minimum atomic E-state index is -3.80. The van der Waals surface area contributed by atoms with Gasteiger partial charge in [-0.2, -0.15) is 8.42 Å². The number of rotatable bonds is 4. The molecule has 0 bridgehead atoms. The summed E-state index contributed by atoms with van der Waals surface area (Å²) in [6.45, 7) is 5.54. The van der Waals surface area contributed by atoms with Crippen LogP contribution in [0.25, 0.3) is 0 Å². The Labute approximate surface area is 122 Å². The second-order valence-electron chi connectivity index (χ2n) is 4.16. The van der Waals surface area contributed by atoms with Crippen molar-refractivity contribution in [2.45, 2.75) is 17.1 Å². The maximum Gasteiger partial charge on any atom is 0.284 e. The fourth-order valence-corrected chi connectivity index (χ4v) is 3.92. The van der Waals surface area contributed by atoms with Gasteiger partial charge in [0.25, 0.3) is 10.0 Å². The third-order valence-corrected chi connectivity index (χ3v) is 5.15. The maximum absolute atomic E-state index is 12.2. The molecule has 106 valence electrons. The molecule has 1 aromatic carbocycles. The van der Waals surface area contributed by atoms with E-state index < -0.39 is 10.0 Å². The summed E-state index contributed by atoms with van der Waals surface area (Å²) in [6.07, 6.45) is 1.54. The summed E-state index contributed by atoms with van der Waals surface area (Å²) in [5.74, 6) is -0.156. The normalized spacial score (nSPS) is 21.4. The lowest BCUT2D eigenvalue weighted by molar-refractivity contribution is -0.125. The van der Waals surface area contributed by atoms with E-state index in [0.29, 0.717) is 0 Å². The van der Waals surface area contributed by atoms with Crippen molar-refractivity contribution in [2.24, 2.45) is 4.40 Å². The van der Waals surface area contributed by atoms with E-state index in [0.717, 1.165) is 11.8 Å². The summed E-state index contributed by atoms with van der Waals surface area (Å²) in [6, 6.07) is 7.94. The van der Waals surface area contributed by atoms with Gasteiger partial charge in [-0.05, 0) is 19.1 Å². The lowest BCUT2D eigenvalue weighted by Gasteiger charge is -2.13. The highest BCUT2D eigenvalue weighted by atomic mass is 32.2. The van der Waals surface area contributed by atoms with Crippen LogP contribution in [0.5, 0.6) is 0 Å². The van der Waals surface area contributed by atoms with Crippen LogP contribution in [0.1, 0.15) is 6.92 Å². The molecule has 1 aliphatic heterocycles. The Morgan fingerprint density at radius 3 is 2.65 bits per heavy atom. The molecule has 1 aliphatic rings. The van der Waals surface area contributed by atoms with Crippen molar-refractivity contribution in [3.8, 4) is 0 Å². The molecular weight excluding hydrogens is 296 g/mol. The molecule has 1 aromatic rings. The smallest absolute Gasteiger partial charge is 0.284 e. The van der Waals surface area contributed by atoms with Gasteiger partial charge in [-0.25, -0.2) is 0 Å². The Bertz CT molecular complexity index is 653. The number of nitrogens with zero attached hydrogens (tertiary/aromatic N) is 2. The number of amidine groups is 1. The number of benzene rings is 1. The predicted molar refractivity (Wildman–Crippen MR) is 80.0 cm³/mol. The Balaban J connectivity index is 2.39. The molecule has 0 radical (unpaired) electrons. The van der Waals surface area contributed by atoms with Crippen molar-refractivity contribution in [1.29, 1.82) is 0 Å². The number of hydrogen-bond donors (Lipinski definition) is 0. The average molecular weight is 310 g/mol. The first-order chi connectivity index (χ1) is 9.45. The van der Waals surface area contributed by atoms with Gasteiger partial charge in [-0.3, -0.25) is 9.69 Å². The van der Waals surface area contributed by atoms with Crippen LogP contribution >= 0.6 is 11.8 Å².